The molecule has 0 saturated carbocycles. The van der Waals surface area contributed by atoms with Crippen LogP contribution in [0.5, 0.6) is 0 Å². The predicted octanol–water partition coefficient (Wildman–Crippen LogP) is 2.90. The van der Waals surface area contributed by atoms with Gasteiger partial charge in [0.1, 0.15) is 0 Å². The van der Waals surface area contributed by atoms with Gasteiger partial charge in [0, 0.05) is 12.5 Å². The molecule has 0 aliphatic heterocycles. The second kappa shape index (κ2) is 6.26. The molecule has 0 atom stereocenters. The molecule has 16 heavy (non-hydrogen) atoms. The van der Waals surface area contributed by atoms with E-state index in [1.807, 2.05) is 0 Å². The topological polar surface area (TPSA) is 52.4 Å². The molecule has 0 amide bonds. The van der Waals surface area contributed by atoms with Gasteiger partial charge in [0.05, 0.1) is 22.6 Å². The smallest absolute Gasteiger partial charge is 0.283 e. The summed E-state index contributed by atoms with van der Waals surface area (Å²) in [6.07, 6.45) is 5.61. The molecule has 0 aliphatic rings. The second-order valence-electron chi connectivity index (χ2n) is 3.05. The molecule has 0 bridgehead atoms. The van der Waals surface area contributed by atoms with Crippen LogP contribution < -0.4 is 0 Å². The van der Waals surface area contributed by atoms with Gasteiger partial charge in [0.15, 0.2) is 0 Å². The van der Waals surface area contributed by atoms with E-state index in [0.717, 1.165) is 5.56 Å². The molecule has 0 aromatic heterocycles. The molecule has 0 unspecified atom stereocenters. The quantitative estimate of drug-likeness (QED) is 0.361. The molecule has 1 aromatic rings. The summed E-state index contributed by atoms with van der Waals surface area (Å²) >= 11 is 3.12. The molecule has 1 aromatic carbocycles. The van der Waals surface area contributed by atoms with E-state index in [2.05, 4.69) is 21.9 Å². The van der Waals surface area contributed by atoms with E-state index in [0.29, 0.717) is 24.1 Å². The number of rotatable bonds is 5. The second-order valence-corrected chi connectivity index (χ2v) is 3.90. The molecular formula is C11H10BrNO3. The first-order valence-corrected chi connectivity index (χ1v) is 5.38. The SMILES string of the molecule is C#CCCOCc1ccc(Br)c([N+](=O)[O-])c1. The van der Waals surface area contributed by atoms with E-state index in [-0.39, 0.29) is 5.69 Å². The standard InChI is InChI=1S/C11H10BrNO3/c1-2-3-6-16-8-9-4-5-10(12)11(7-9)13(14)15/h1,4-5,7H,3,6,8H2. The maximum Gasteiger partial charge on any atom is 0.283 e. The number of halogens is 1. The Morgan fingerprint density at radius 3 is 2.94 bits per heavy atom. The van der Waals surface area contributed by atoms with E-state index < -0.39 is 4.92 Å². The zero-order valence-electron chi connectivity index (χ0n) is 8.48. The van der Waals surface area contributed by atoms with Crippen LogP contribution >= 0.6 is 15.9 Å². The predicted molar refractivity (Wildman–Crippen MR) is 63.9 cm³/mol. The Balaban J connectivity index is 2.65. The summed E-state index contributed by atoms with van der Waals surface area (Å²) < 4.78 is 5.72. The lowest BCUT2D eigenvalue weighted by Crippen LogP contribution is -1.96. The Hall–Kier alpha value is -1.38. The average Bonchev–Trinajstić information content (AvgIpc) is 2.26. The maximum atomic E-state index is 10.7. The van der Waals surface area contributed by atoms with Crippen molar-refractivity contribution in [2.75, 3.05) is 6.61 Å². The highest BCUT2D eigenvalue weighted by Gasteiger charge is 2.11. The molecule has 0 spiro atoms. The Morgan fingerprint density at radius 1 is 1.56 bits per heavy atom. The summed E-state index contributed by atoms with van der Waals surface area (Å²) in [5.41, 5.74) is 0.796. The minimum atomic E-state index is -0.435. The van der Waals surface area contributed by atoms with E-state index in [1.54, 1.807) is 12.1 Å². The van der Waals surface area contributed by atoms with Crippen LogP contribution in [0.1, 0.15) is 12.0 Å². The van der Waals surface area contributed by atoms with Crippen LogP contribution in [0, 0.1) is 22.5 Å². The van der Waals surface area contributed by atoms with Crippen LogP contribution in [-0.2, 0) is 11.3 Å². The van der Waals surface area contributed by atoms with Gasteiger partial charge >= 0.3 is 0 Å². The van der Waals surface area contributed by atoms with Crippen LogP contribution in [0.4, 0.5) is 5.69 Å². The number of ether oxygens (including phenoxy) is 1. The van der Waals surface area contributed by atoms with E-state index in [4.69, 9.17) is 11.2 Å². The van der Waals surface area contributed by atoms with Crippen molar-refractivity contribution in [3.05, 3.63) is 38.3 Å². The first-order chi connectivity index (χ1) is 7.65. The summed E-state index contributed by atoms with van der Waals surface area (Å²) in [5, 5.41) is 10.7. The molecule has 4 nitrogen and oxygen atoms in total. The lowest BCUT2D eigenvalue weighted by molar-refractivity contribution is -0.385. The summed E-state index contributed by atoms with van der Waals surface area (Å²) in [6.45, 7) is 0.788. The third-order valence-corrected chi connectivity index (χ3v) is 2.54. The van der Waals surface area contributed by atoms with E-state index in [9.17, 15) is 10.1 Å². The Bertz CT molecular complexity index is 426. The normalized spacial score (nSPS) is 9.75. The van der Waals surface area contributed by atoms with Crippen LogP contribution in [0.2, 0.25) is 0 Å². The van der Waals surface area contributed by atoms with E-state index in [1.165, 1.54) is 6.07 Å². The largest absolute Gasteiger partial charge is 0.376 e. The van der Waals surface area contributed by atoms with Crippen LogP contribution in [0.3, 0.4) is 0 Å². The number of benzene rings is 1. The van der Waals surface area contributed by atoms with Crippen LogP contribution in [0.25, 0.3) is 0 Å². The molecule has 0 heterocycles. The van der Waals surface area contributed by atoms with Crippen molar-refractivity contribution < 1.29 is 9.66 Å². The Labute approximate surface area is 102 Å². The van der Waals surface area contributed by atoms with Gasteiger partial charge in [-0.1, -0.05) is 6.07 Å². The zero-order chi connectivity index (χ0) is 12.0. The third-order valence-electron chi connectivity index (χ3n) is 1.87. The highest BCUT2D eigenvalue weighted by Crippen LogP contribution is 2.25. The van der Waals surface area contributed by atoms with Gasteiger partial charge in [-0.05, 0) is 27.6 Å². The Kier molecular flexibility index (Phi) is 4.96. The van der Waals surface area contributed by atoms with Gasteiger partial charge in [-0.25, -0.2) is 0 Å². The number of nitro benzene ring substituents is 1. The Morgan fingerprint density at radius 2 is 2.31 bits per heavy atom. The molecular weight excluding hydrogens is 274 g/mol. The van der Waals surface area contributed by atoms with Crippen LogP contribution in [-0.4, -0.2) is 11.5 Å². The van der Waals surface area contributed by atoms with Crippen molar-refractivity contribution in [3.63, 3.8) is 0 Å². The zero-order valence-corrected chi connectivity index (χ0v) is 10.1. The van der Waals surface area contributed by atoms with Gasteiger partial charge in [-0.3, -0.25) is 10.1 Å². The molecule has 84 valence electrons. The highest BCUT2D eigenvalue weighted by molar-refractivity contribution is 9.10. The minimum absolute atomic E-state index is 0.0399. The average molecular weight is 284 g/mol. The molecule has 5 heteroatoms. The lowest BCUT2D eigenvalue weighted by Gasteiger charge is -2.03. The van der Waals surface area contributed by atoms with Gasteiger partial charge in [0.25, 0.3) is 5.69 Å². The highest BCUT2D eigenvalue weighted by atomic mass is 79.9. The molecule has 0 saturated heterocycles. The lowest BCUT2D eigenvalue weighted by atomic mass is 10.2. The first-order valence-electron chi connectivity index (χ1n) is 4.59. The number of hydrogen-bond acceptors (Lipinski definition) is 3. The number of hydrogen-bond donors (Lipinski definition) is 0. The fourth-order valence-electron chi connectivity index (χ4n) is 1.11. The number of nitro groups is 1. The van der Waals surface area contributed by atoms with Crippen molar-refractivity contribution in [2.45, 2.75) is 13.0 Å². The molecule has 0 N–H and O–H groups in total. The summed E-state index contributed by atoms with van der Waals surface area (Å²) in [6, 6.07) is 4.89. The maximum absolute atomic E-state index is 10.7. The van der Waals surface area contributed by atoms with Crippen molar-refractivity contribution in [1.82, 2.24) is 0 Å². The monoisotopic (exact) mass is 283 g/mol. The van der Waals surface area contributed by atoms with Crippen molar-refractivity contribution in [2.24, 2.45) is 0 Å². The molecule has 0 aliphatic carbocycles. The van der Waals surface area contributed by atoms with Crippen LogP contribution in [0.15, 0.2) is 22.7 Å². The fourth-order valence-corrected chi connectivity index (χ4v) is 1.50. The summed E-state index contributed by atoms with van der Waals surface area (Å²) in [5.74, 6) is 2.45. The third kappa shape index (κ3) is 3.65. The summed E-state index contributed by atoms with van der Waals surface area (Å²) in [7, 11) is 0. The number of nitrogens with zero attached hydrogens (tertiary/aromatic N) is 1. The van der Waals surface area contributed by atoms with Gasteiger partial charge in [-0.15, -0.1) is 12.3 Å². The number of terminal acetylenes is 1. The van der Waals surface area contributed by atoms with Crippen molar-refractivity contribution in [1.29, 1.82) is 0 Å². The molecule has 0 radical (unpaired) electrons. The van der Waals surface area contributed by atoms with Gasteiger partial charge in [0.2, 0.25) is 0 Å². The van der Waals surface area contributed by atoms with Gasteiger partial charge < -0.3 is 4.74 Å². The minimum Gasteiger partial charge on any atom is -0.376 e. The molecule has 1 rings (SSSR count). The summed E-state index contributed by atoms with van der Waals surface area (Å²) in [4.78, 5) is 10.2. The van der Waals surface area contributed by atoms with Crippen molar-refractivity contribution >= 4 is 21.6 Å². The fraction of sp³-hybridized carbons (Fsp3) is 0.273. The first kappa shape index (κ1) is 12.7. The molecule has 0 fully saturated rings. The van der Waals surface area contributed by atoms with Crippen molar-refractivity contribution in [3.8, 4) is 12.3 Å². The van der Waals surface area contributed by atoms with E-state index >= 15 is 0 Å². The van der Waals surface area contributed by atoms with Gasteiger partial charge in [-0.2, -0.15) is 0 Å².